The zero-order valence-corrected chi connectivity index (χ0v) is 28.6. The normalized spacial score (nSPS) is 14.3. The van der Waals surface area contributed by atoms with E-state index in [9.17, 15) is 9.59 Å². The molecule has 11 heteroatoms. The Balaban J connectivity index is 1.33. The lowest BCUT2D eigenvalue weighted by atomic mass is 9.96. The third kappa shape index (κ3) is 8.15. The number of methoxy groups -OCH3 is 1. The number of esters is 1. The average Bonchev–Trinajstić information content (AvgIpc) is 3.39. The Bertz CT molecular complexity index is 1930. The fourth-order valence-corrected chi connectivity index (χ4v) is 6.26. The van der Waals surface area contributed by atoms with Gasteiger partial charge in [-0.05, 0) is 81.3 Å². The van der Waals surface area contributed by atoms with Crippen molar-refractivity contribution in [1.29, 1.82) is 0 Å². The fraction of sp³-hybridized carbons (Fsp3) is 0.324. The molecule has 0 amide bonds. The quantitative estimate of drug-likeness (QED) is 0.129. The summed E-state index contributed by atoms with van der Waals surface area (Å²) in [6, 6.07) is 20.0. The van der Waals surface area contributed by atoms with Crippen LogP contribution in [0.2, 0.25) is 0 Å². The SMILES string of the molecule is CCOC(=O)C1=C(C)N=c2sc(=Cc3ccc(OCCOCCOc4ccc(C)cc4)c(OCC)c3)c(=O)n2C1c1ccc(OC)cc1. The summed E-state index contributed by atoms with van der Waals surface area (Å²) in [5, 5.41) is 0. The first-order valence-corrected chi connectivity index (χ1v) is 16.6. The standard InChI is InChI=1S/C37H40N2O8S/c1-6-44-31-22-26(10-17-30(31)47-21-19-43-18-20-46-29-13-8-24(3)9-14-29)23-32-35(40)39-34(27-11-15-28(42-5)16-12-27)33(36(41)45-7-2)25(4)38-37(39)48-32/h8-17,22-23,34H,6-7,18-21H2,1-5H3. The maximum absolute atomic E-state index is 14.0. The Hall–Kier alpha value is -4.87. The number of nitrogens with zero attached hydrogens (tertiary/aromatic N) is 2. The third-order valence-corrected chi connectivity index (χ3v) is 8.50. The van der Waals surface area contributed by atoms with Crippen LogP contribution >= 0.6 is 11.3 Å². The molecule has 1 aliphatic heterocycles. The van der Waals surface area contributed by atoms with Crippen LogP contribution in [0.4, 0.5) is 0 Å². The molecule has 0 spiro atoms. The highest BCUT2D eigenvalue weighted by atomic mass is 32.1. The van der Waals surface area contributed by atoms with Crippen LogP contribution in [-0.4, -0.2) is 57.3 Å². The molecule has 1 unspecified atom stereocenters. The van der Waals surface area contributed by atoms with Crippen molar-refractivity contribution >= 4 is 23.4 Å². The van der Waals surface area contributed by atoms with Crippen LogP contribution in [0.1, 0.15) is 43.5 Å². The molecule has 252 valence electrons. The topological polar surface area (TPSA) is 107 Å². The van der Waals surface area contributed by atoms with E-state index in [-0.39, 0.29) is 12.2 Å². The lowest BCUT2D eigenvalue weighted by molar-refractivity contribution is -0.139. The van der Waals surface area contributed by atoms with E-state index in [1.54, 1.807) is 43.7 Å². The first kappa shape index (κ1) is 34.5. The molecule has 5 rings (SSSR count). The van der Waals surface area contributed by atoms with Gasteiger partial charge >= 0.3 is 5.97 Å². The first-order valence-electron chi connectivity index (χ1n) is 15.8. The minimum Gasteiger partial charge on any atom is -0.497 e. The van der Waals surface area contributed by atoms with Crippen molar-refractivity contribution < 1.29 is 33.2 Å². The van der Waals surface area contributed by atoms with Gasteiger partial charge in [-0.3, -0.25) is 9.36 Å². The van der Waals surface area contributed by atoms with Gasteiger partial charge < -0.3 is 28.4 Å². The zero-order valence-electron chi connectivity index (χ0n) is 27.8. The summed E-state index contributed by atoms with van der Waals surface area (Å²) < 4.78 is 35.9. The van der Waals surface area contributed by atoms with Crippen LogP contribution in [0.3, 0.4) is 0 Å². The molecule has 0 aliphatic carbocycles. The van der Waals surface area contributed by atoms with Gasteiger partial charge in [-0.1, -0.05) is 47.2 Å². The van der Waals surface area contributed by atoms with E-state index in [1.165, 1.54) is 16.9 Å². The van der Waals surface area contributed by atoms with Gasteiger partial charge in [0.25, 0.3) is 5.56 Å². The van der Waals surface area contributed by atoms with Crippen molar-refractivity contribution in [2.75, 3.05) is 46.8 Å². The van der Waals surface area contributed by atoms with Crippen LogP contribution in [0.15, 0.2) is 87.8 Å². The average molecular weight is 673 g/mol. The number of carbonyl (C=O) groups is 1. The summed E-state index contributed by atoms with van der Waals surface area (Å²) in [5.41, 5.74) is 3.23. The van der Waals surface area contributed by atoms with Crippen LogP contribution in [0.5, 0.6) is 23.0 Å². The van der Waals surface area contributed by atoms with Gasteiger partial charge in [0.1, 0.15) is 24.7 Å². The molecule has 2 heterocycles. The maximum atomic E-state index is 14.0. The minimum atomic E-state index is -0.709. The number of hydrogen-bond acceptors (Lipinski definition) is 10. The van der Waals surface area contributed by atoms with Gasteiger partial charge in [0.15, 0.2) is 16.3 Å². The molecule has 0 saturated heterocycles. The molecule has 4 aromatic rings. The van der Waals surface area contributed by atoms with E-state index < -0.39 is 12.0 Å². The van der Waals surface area contributed by atoms with E-state index in [4.69, 9.17) is 28.4 Å². The van der Waals surface area contributed by atoms with E-state index in [2.05, 4.69) is 4.99 Å². The van der Waals surface area contributed by atoms with Crippen LogP contribution in [-0.2, 0) is 14.3 Å². The van der Waals surface area contributed by atoms with Crippen molar-refractivity contribution in [3.05, 3.63) is 114 Å². The predicted octanol–water partition coefficient (Wildman–Crippen LogP) is 4.99. The van der Waals surface area contributed by atoms with E-state index in [0.29, 0.717) is 70.9 Å². The summed E-state index contributed by atoms with van der Waals surface area (Å²) in [7, 11) is 1.59. The highest BCUT2D eigenvalue weighted by molar-refractivity contribution is 7.07. The highest BCUT2D eigenvalue weighted by Crippen LogP contribution is 2.32. The van der Waals surface area contributed by atoms with Gasteiger partial charge in [0.05, 0.1) is 55.4 Å². The van der Waals surface area contributed by atoms with Gasteiger partial charge in [-0.25, -0.2) is 9.79 Å². The van der Waals surface area contributed by atoms with E-state index >= 15 is 0 Å². The molecule has 1 aliphatic rings. The second kappa shape index (κ2) is 16.3. The smallest absolute Gasteiger partial charge is 0.338 e. The summed E-state index contributed by atoms with van der Waals surface area (Å²) >= 11 is 1.26. The third-order valence-electron chi connectivity index (χ3n) is 7.52. The summed E-state index contributed by atoms with van der Waals surface area (Å²) in [5.74, 6) is 2.09. The number of allylic oxidation sites excluding steroid dienone is 1. The molecule has 1 aromatic heterocycles. The molecule has 0 radical (unpaired) electrons. The number of fused-ring (bicyclic) bond motifs is 1. The van der Waals surface area contributed by atoms with Gasteiger partial charge in [0.2, 0.25) is 0 Å². The molecule has 48 heavy (non-hydrogen) atoms. The number of aromatic nitrogens is 1. The van der Waals surface area contributed by atoms with Crippen molar-refractivity contribution in [2.24, 2.45) is 4.99 Å². The number of benzene rings is 3. The second-order valence-electron chi connectivity index (χ2n) is 10.8. The summed E-state index contributed by atoms with van der Waals surface area (Å²) in [6.45, 7) is 9.67. The van der Waals surface area contributed by atoms with Crippen molar-refractivity contribution in [1.82, 2.24) is 4.57 Å². The molecule has 3 aromatic carbocycles. The van der Waals surface area contributed by atoms with Crippen LogP contribution in [0, 0.1) is 6.92 Å². The number of aryl methyl sites for hydroxylation is 1. The molecule has 0 fully saturated rings. The maximum Gasteiger partial charge on any atom is 0.338 e. The predicted molar refractivity (Wildman–Crippen MR) is 184 cm³/mol. The Morgan fingerprint density at radius 2 is 1.56 bits per heavy atom. The summed E-state index contributed by atoms with van der Waals surface area (Å²) in [4.78, 5) is 32.3. The van der Waals surface area contributed by atoms with Gasteiger partial charge in [-0.2, -0.15) is 0 Å². The van der Waals surface area contributed by atoms with Gasteiger partial charge in [-0.15, -0.1) is 0 Å². The fourth-order valence-electron chi connectivity index (χ4n) is 5.21. The second-order valence-corrected chi connectivity index (χ2v) is 11.8. The Labute approximate surface area is 283 Å². The molecule has 10 nitrogen and oxygen atoms in total. The Morgan fingerprint density at radius 3 is 2.25 bits per heavy atom. The largest absolute Gasteiger partial charge is 0.497 e. The number of thiazole rings is 1. The number of rotatable bonds is 15. The minimum absolute atomic E-state index is 0.202. The number of carbonyl (C=O) groups excluding carboxylic acids is 1. The molecule has 0 bridgehead atoms. The summed E-state index contributed by atoms with van der Waals surface area (Å²) in [6.07, 6.45) is 1.79. The lowest BCUT2D eigenvalue weighted by Gasteiger charge is -2.24. The van der Waals surface area contributed by atoms with Gasteiger partial charge in [0, 0.05) is 0 Å². The molecule has 1 atom stereocenters. The molecular weight excluding hydrogens is 632 g/mol. The lowest BCUT2D eigenvalue weighted by Crippen LogP contribution is -2.39. The van der Waals surface area contributed by atoms with Crippen molar-refractivity contribution in [2.45, 2.75) is 33.7 Å². The zero-order chi connectivity index (χ0) is 34.0. The van der Waals surface area contributed by atoms with Crippen LogP contribution in [0.25, 0.3) is 6.08 Å². The van der Waals surface area contributed by atoms with Crippen molar-refractivity contribution in [3.63, 3.8) is 0 Å². The molecular formula is C37H40N2O8S. The van der Waals surface area contributed by atoms with E-state index in [1.807, 2.05) is 68.4 Å². The van der Waals surface area contributed by atoms with Crippen LogP contribution < -0.4 is 33.8 Å². The molecule has 0 saturated carbocycles. The number of ether oxygens (including phenoxy) is 6. The monoisotopic (exact) mass is 672 g/mol. The molecule has 0 N–H and O–H groups in total. The Morgan fingerprint density at radius 1 is 0.854 bits per heavy atom. The number of hydrogen-bond donors (Lipinski definition) is 0. The Kier molecular flexibility index (Phi) is 11.7. The van der Waals surface area contributed by atoms with E-state index in [0.717, 1.165) is 16.9 Å². The van der Waals surface area contributed by atoms with Crippen molar-refractivity contribution in [3.8, 4) is 23.0 Å². The first-order chi connectivity index (χ1) is 23.3. The highest BCUT2D eigenvalue weighted by Gasteiger charge is 2.33.